The molecule has 2 aromatic carbocycles. The first-order valence-electron chi connectivity index (χ1n) is 9.75. The number of anilines is 1. The van der Waals surface area contributed by atoms with Gasteiger partial charge in [0.05, 0.1) is 11.2 Å². The lowest BCUT2D eigenvalue weighted by molar-refractivity contribution is -0.113. The van der Waals surface area contributed by atoms with Gasteiger partial charge in [-0.2, -0.15) is 0 Å². The molecule has 0 bridgehead atoms. The molecule has 0 aliphatic heterocycles. The zero-order chi connectivity index (χ0) is 21.6. The van der Waals surface area contributed by atoms with E-state index < -0.39 is 5.91 Å². The fraction of sp³-hybridized carbons (Fsp3) is 0.0400. The summed E-state index contributed by atoms with van der Waals surface area (Å²) in [5, 5.41) is 6.50. The number of carbonyl (C=O) groups is 2. The summed E-state index contributed by atoms with van der Waals surface area (Å²) in [7, 11) is 0. The summed E-state index contributed by atoms with van der Waals surface area (Å²) in [6, 6.07) is 20.0. The van der Waals surface area contributed by atoms with E-state index in [-0.39, 0.29) is 11.6 Å². The van der Waals surface area contributed by atoms with E-state index in [1.807, 2.05) is 43.3 Å². The molecule has 0 atom stereocenters. The number of amides is 2. The lowest BCUT2D eigenvalue weighted by Gasteiger charge is -2.12. The molecule has 0 aliphatic rings. The molecule has 0 aliphatic carbocycles. The van der Waals surface area contributed by atoms with Gasteiger partial charge in [-0.05, 0) is 48.9 Å². The van der Waals surface area contributed by atoms with Gasteiger partial charge in [-0.3, -0.25) is 19.6 Å². The zero-order valence-corrected chi connectivity index (χ0v) is 16.9. The highest BCUT2D eigenvalue weighted by Crippen LogP contribution is 2.21. The molecule has 2 heterocycles. The maximum absolute atomic E-state index is 13.1. The number of aryl methyl sites for hydroxylation is 1. The molecule has 0 radical (unpaired) electrons. The maximum atomic E-state index is 13.1. The van der Waals surface area contributed by atoms with Gasteiger partial charge in [0.25, 0.3) is 11.8 Å². The third kappa shape index (κ3) is 4.82. The van der Waals surface area contributed by atoms with E-state index in [1.54, 1.807) is 55.0 Å². The smallest absolute Gasteiger partial charge is 0.272 e. The van der Waals surface area contributed by atoms with Crippen molar-refractivity contribution in [1.82, 2.24) is 15.3 Å². The lowest BCUT2D eigenvalue weighted by Crippen LogP contribution is -2.30. The Morgan fingerprint density at radius 2 is 1.68 bits per heavy atom. The van der Waals surface area contributed by atoms with Crippen LogP contribution in [0.4, 0.5) is 5.69 Å². The van der Waals surface area contributed by atoms with Gasteiger partial charge in [-0.15, -0.1) is 0 Å². The molecule has 152 valence electrons. The van der Waals surface area contributed by atoms with Crippen LogP contribution in [0.15, 0.2) is 91.0 Å². The summed E-state index contributed by atoms with van der Waals surface area (Å²) in [5.41, 5.74) is 3.53. The number of benzene rings is 2. The fourth-order valence-corrected chi connectivity index (χ4v) is 3.08. The number of carbonyl (C=O) groups excluding carboxylic acids is 2. The van der Waals surface area contributed by atoms with Crippen LogP contribution in [0.25, 0.3) is 17.0 Å². The van der Waals surface area contributed by atoms with Gasteiger partial charge >= 0.3 is 0 Å². The highest BCUT2D eigenvalue weighted by molar-refractivity contribution is 6.12. The number of nitrogens with one attached hydrogen (secondary N) is 2. The summed E-state index contributed by atoms with van der Waals surface area (Å²) in [5.74, 6) is -0.830. The molecule has 0 unspecified atom stereocenters. The minimum absolute atomic E-state index is 0.103. The van der Waals surface area contributed by atoms with Gasteiger partial charge in [0.15, 0.2) is 0 Å². The van der Waals surface area contributed by atoms with Crippen LogP contribution in [0, 0.1) is 6.92 Å². The molecule has 31 heavy (non-hydrogen) atoms. The molecular formula is C25H20N4O2. The Hall–Kier alpha value is -4.32. The Morgan fingerprint density at radius 3 is 2.45 bits per heavy atom. The van der Waals surface area contributed by atoms with Crippen LogP contribution in [0.5, 0.6) is 0 Å². The lowest BCUT2D eigenvalue weighted by atomic mass is 10.1. The van der Waals surface area contributed by atoms with Crippen molar-refractivity contribution in [3.8, 4) is 0 Å². The van der Waals surface area contributed by atoms with Crippen molar-refractivity contribution in [3.63, 3.8) is 0 Å². The van der Waals surface area contributed by atoms with E-state index in [9.17, 15) is 9.59 Å². The van der Waals surface area contributed by atoms with E-state index >= 15 is 0 Å². The molecule has 4 rings (SSSR count). The summed E-state index contributed by atoms with van der Waals surface area (Å²) in [6.45, 7) is 1.95. The topological polar surface area (TPSA) is 84.0 Å². The molecule has 0 spiro atoms. The first-order valence-corrected chi connectivity index (χ1v) is 9.75. The third-order valence-electron chi connectivity index (χ3n) is 4.68. The van der Waals surface area contributed by atoms with Crippen molar-refractivity contribution in [2.75, 3.05) is 5.32 Å². The van der Waals surface area contributed by atoms with Crippen LogP contribution >= 0.6 is 0 Å². The second-order valence-electron chi connectivity index (χ2n) is 7.00. The normalized spacial score (nSPS) is 11.2. The van der Waals surface area contributed by atoms with Gasteiger partial charge < -0.3 is 10.6 Å². The van der Waals surface area contributed by atoms with Gasteiger partial charge in [-0.25, -0.2) is 0 Å². The van der Waals surface area contributed by atoms with Crippen LogP contribution in [-0.4, -0.2) is 21.8 Å². The highest BCUT2D eigenvalue weighted by Gasteiger charge is 2.16. The average molecular weight is 408 g/mol. The van der Waals surface area contributed by atoms with Crippen molar-refractivity contribution in [2.45, 2.75) is 6.92 Å². The molecular weight excluding hydrogens is 388 g/mol. The predicted octanol–water partition coefficient (Wildman–Crippen LogP) is 4.35. The van der Waals surface area contributed by atoms with Crippen molar-refractivity contribution in [1.29, 1.82) is 0 Å². The summed E-state index contributed by atoms with van der Waals surface area (Å²) < 4.78 is 0. The Balaban J connectivity index is 1.65. The number of rotatable bonds is 5. The van der Waals surface area contributed by atoms with E-state index in [4.69, 9.17) is 0 Å². The zero-order valence-electron chi connectivity index (χ0n) is 16.9. The number of fused-ring (bicyclic) bond motifs is 1. The number of nitrogens with zero attached hydrogens (tertiary/aromatic N) is 2. The van der Waals surface area contributed by atoms with E-state index in [0.29, 0.717) is 22.3 Å². The molecule has 4 aromatic rings. The summed E-state index contributed by atoms with van der Waals surface area (Å²) in [6.07, 6.45) is 6.52. The van der Waals surface area contributed by atoms with Crippen molar-refractivity contribution in [3.05, 3.63) is 108 Å². The molecule has 0 saturated heterocycles. The maximum Gasteiger partial charge on any atom is 0.272 e. The number of aromatic nitrogens is 2. The Kier molecular flexibility index (Phi) is 5.80. The second kappa shape index (κ2) is 9.00. The van der Waals surface area contributed by atoms with Gasteiger partial charge in [0, 0.05) is 29.5 Å². The van der Waals surface area contributed by atoms with E-state index in [0.717, 1.165) is 10.9 Å². The van der Waals surface area contributed by atoms with Crippen molar-refractivity contribution in [2.24, 2.45) is 0 Å². The van der Waals surface area contributed by atoms with Crippen LogP contribution in [0.3, 0.4) is 0 Å². The minimum Gasteiger partial charge on any atom is -0.319 e. The fourth-order valence-electron chi connectivity index (χ4n) is 3.08. The van der Waals surface area contributed by atoms with Crippen LogP contribution in [-0.2, 0) is 4.79 Å². The standard InChI is InChI=1S/C25H20N4O2/c1-17-9-11-20(12-10-17)24(30)29-22(15-18-5-3-13-26-16-18)25(31)28-21-8-2-6-19-7-4-14-27-23(19)21/h2-16H,1H3,(H,28,31)(H,29,30). The molecule has 0 saturated carbocycles. The minimum atomic E-state index is -0.456. The average Bonchev–Trinajstić information content (AvgIpc) is 2.80. The van der Waals surface area contributed by atoms with E-state index in [1.165, 1.54) is 0 Å². The monoisotopic (exact) mass is 408 g/mol. The van der Waals surface area contributed by atoms with Gasteiger partial charge in [0.2, 0.25) is 0 Å². The van der Waals surface area contributed by atoms with Crippen LogP contribution in [0.2, 0.25) is 0 Å². The number of para-hydroxylation sites is 1. The van der Waals surface area contributed by atoms with Crippen LogP contribution < -0.4 is 10.6 Å². The van der Waals surface area contributed by atoms with Gasteiger partial charge in [-0.1, -0.05) is 42.0 Å². The molecule has 2 aromatic heterocycles. The highest BCUT2D eigenvalue weighted by atomic mass is 16.2. The molecule has 2 N–H and O–H groups in total. The quantitative estimate of drug-likeness (QED) is 0.481. The molecule has 6 nitrogen and oxygen atoms in total. The number of hydrogen-bond donors (Lipinski definition) is 2. The first kappa shape index (κ1) is 20.0. The van der Waals surface area contributed by atoms with E-state index in [2.05, 4.69) is 20.6 Å². The molecule has 6 heteroatoms. The Morgan fingerprint density at radius 1 is 0.903 bits per heavy atom. The summed E-state index contributed by atoms with van der Waals surface area (Å²) >= 11 is 0. The molecule has 0 fully saturated rings. The SMILES string of the molecule is Cc1ccc(C(=O)NC(=Cc2cccnc2)C(=O)Nc2cccc3cccnc23)cc1. The Bertz CT molecular complexity index is 1260. The van der Waals surface area contributed by atoms with Crippen molar-refractivity contribution < 1.29 is 9.59 Å². The largest absolute Gasteiger partial charge is 0.319 e. The Labute approximate surface area is 179 Å². The van der Waals surface area contributed by atoms with Crippen LogP contribution in [0.1, 0.15) is 21.5 Å². The second-order valence-corrected chi connectivity index (χ2v) is 7.00. The predicted molar refractivity (Wildman–Crippen MR) is 121 cm³/mol. The molecule has 2 amide bonds. The number of hydrogen-bond acceptors (Lipinski definition) is 4. The van der Waals surface area contributed by atoms with Gasteiger partial charge in [0.1, 0.15) is 5.70 Å². The van der Waals surface area contributed by atoms with Crippen molar-refractivity contribution >= 4 is 34.5 Å². The first-order chi connectivity index (χ1) is 15.1. The summed E-state index contributed by atoms with van der Waals surface area (Å²) in [4.78, 5) is 34.3. The number of pyridine rings is 2. The third-order valence-corrected chi connectivity index (χ3v) is 4.68.